The molecule has 1 aliphatic heterocycles. The second-order valence-corrected chi connectivity index (χ2v) is 8.19. The quantitative estimate of drug-likeness (QED) is 0.614. The maximum atomic E-state index is 14.9. The molecule has 28 heavy (non-hydrogen) atoms. The van der Waals surface area contributed by atoms with E-state index in [-0.39, 0.29) is 29.5 Å². The van der Waals surface area contributed by atoms with Crippen molar-refractivity contribution in [1.82, 2.24) is 15.8 Å². The lowest BCUT2D eigenvalue weighted by atomic mass is 9.92. The fourth-order valence-electron chi connectivity index (χ4n) is 3.25. The highest BCUT2D eigenvalue weighted by Gasteiger charge is 2.34. The first-order valence-corrected chi connectivity index (χ1v) is 9.55. The monoisotopic (exact) mass is 415 g/mol. The molecule has 2 amide bonds. The van der Waals surface area contributed by atoms with Crippen molar-refractivity contribution in [2.24, 2.45) is 0 Å². The Balaban J connectivity index is 2.52. The number of hydrogen-bond acceptors (Lipinski definition) is 4. The van der Waals surface area contributed by atoms with Crippen LogP contribution in [0.5, 0.6) is 5.75 Å². The summed E-state index contributed by atoms with van der Waals surface area (Å²) in [5.74, 6) is -0.889. The second kappa shape index (κ2) is 8.53. The number of carbonyl (C=O) groups is 2. The summed E-state index contributed by atoms with van der Waals surface area (Å²) in [5.41, 5.74) is 3.00. The molecule has 9 heteroatoms. The van der Waals surface area contributed by atoms with Crippen molar-refractivity contribution in [3.63, 3.8) is 0 Å². The van der Waals surface area contributed by atoms with Crippen molar-refractivity contribution in [3.8, 4) is 5.75 Å². The van der Waals surface area contributed by atoms with E-state index in [9.17, 15) is 19.1 Å². The van der Waals surface area contributed by atoms with E-state index in [0.29, 0.717) is 17.9 Å². The van der Waals surface area contributed by atoms with Gasteiger partial charge in [0.1, 0.15) is 11.6 Å². The number of rotatable bonds is 6. The Morgan fingerprint density at radius 1 is 1.54 bits per heavy atom. The molecule has 1 aromatic rings. The van der Waals surface area contributed by atoms with Crippen molar-refractivity contribution in [2.45, 2.75) is 58.5 Å². The van der Waals surface area contributed by atoms with E-state index in [1.54, 1.807) is 34.6 Å². The molecule has 1 saturated heterocycles. The third kappa shape index (κ3) is 4.67. The Morgan fingerprint density at radius 3 is 2.64 bits per heavy atom. The number of benzene rings is 1. The number of nitrogens with one attached hydrogen (secondary N) is 2. The average molecular weight is 416 g/mol. The number of amides is 2. The summed E-state index contributed by atoms with van der Waals surface area (Å²) in [6, 6.07) is 0.898. The van der Waals surface area contributed by atoms with Crippen LogP contribution in [0.4, 0.5) is 9.18 Å². The average Bonchev–Trinajstić information content (AvgIpc) is 3.00. The molecule has 3 N–H and O–H groups in total. The zero-order chi connectivity index (χ0) is 21.2. The summed E-state index contributed by atoms with van der Waals surface area (Å²) in [5, 5.41) is 13.2. The Hall–Kier alpha value is -2.06. The maximum Gasteiger partial charge on any atom is 0.422 e. The van der Waals surface area contributed by atoms with Crippen LogP contribution >= 0.6 is 11.6 Å². The SMILES string of the molecule is CCOc1c([C@@H](C)NN(C(=O)O)C(C)(C)C)cc(Cl)c(F)c1[C@@H]1CNC(=O)C1. The lowest BCUT2D eigenvalue weighted by molar-refractivity contribution is -0.119. The van der Waals surface area contributed by atoms with Crippen molar-refractivity contribution >= 4 is 23.6 Å². The van der Waals surface area contributed by atoms with E-state index in [0.717, 1.165) is 5.01 Å². The molecular weight excluding hydrogens is 389 g/mol. The first-order valence-electron chi connectivity index (χ1n) is 9.17. The summed E-state index contributed by atoms with van der Waals surface area (Å²) in [6.45, 7) is 9.35. The molecule has 0 spiro atoms. The number of carboxylic acid groups (broad SMARTS) is 1. The molecule has 0 aliphatic carbocycles. The van der Waals surface area contributed by atoms with Crippen LogP contribution in [0.15, 0.2) is 6.07 Å². The van der Waals surface area contributed by atoms with Crippen LogP contribution < -0.4 is 15.5 Å². The molecule has 0 unspecified atom stereocenters. The van der Waals surface area contributed by atoms with E-state index in [1.165, 1.54) is 6.07 Å². The summed E-state index contributed by atoms with van der Waals surface area (Å²) < 4.78 is 20.7. The molecule has 0 radical (unpaired) electrons. The molecule has 2 rings (SSSR count). The minimum Gasteiger partial charge on any atom is -0.493 e. The van der Waals surface area contributed by atoms with Gasteiger partial charge in [0.15, 0.2) is 0 Å². The predicted molar refractivity (Wildman–Crippen MR) is 104 cm³/mol. The topological polar surface area (TPSA) is 90.9 Å². The molecule has 1 fully saturated rings. The van der Waals surface area contributed by atoms with Crippen molar-refractivity contribution in [1.29, 1.82) is 0 Å². The largest absolute Gasteiger partial charge is 0.493 e. The van der Waals surface area contributed by atoms with E-state index >= 15 is 0 Å². The highest BCUT2D eigenvalue weighted by Crippen LogP contribution is 2.41. The lowest BCUT2D eigenvalue weighted by Gasteiger charge is -2.36. The molecule has 0 saturated carbocycles. The minimum absolute atomic E-state index is 0.0981. The minimum atomic E-state index is -1.14. The van der Waals surface area contributed by atoms with Gasteiger partial charge in [0, 0.05) is 30.0 Å². The van der Waals surface area contributed by atoms with Crippen LogP contribution in [0.25, 0.3) is 0 Å². The van der Waals surface area contributed by atoms with Gasteiger partial charge in [-0.2, -0.15) is 0 Å². The van der Waals surface area contributed by atoms with Crippen LogP contribution in [0.3, 0.4) is 0 Å². The molecule has 0 aromatic heterocycles. The first-order chi connectivity index (χ1) is 13.0. The Kier molecular flexibility index (Phi) is 6.77. The van der Waals surface area contributed by atoms with Gasteiger partial charge in [-0.05, 0) is 40.7 Å². The second-order valence-electron chi connectivity index (χ2n) is 7.78. The van der Waals surface area contributed by atoms with Crippen LogP contribution in [0.1, 0.15) is 64.1 Å². The normalized spacial score (nSPS) is 18.0. The van der Waals surface area contributed by atoms with Crippen LogP contribution in [0, 0.1) is 5.82 Å². The van der Waals surface area contributed by atoms with Gasteiger partial charge in [-0.1, -0.05) is 11.6 Å². The number of carbonyl (C=O) groups excluding carboxylic acids is 1. The number of nitrogens with zero attached hydrogens (tertiary/aromatic N) is 1. The molecule has 1 heterocycles. The van der Waals surface area contributed by atoms with E-state index in [4.69, 9.17) is 16.3 Å². The molecule has 1 aliphatic rings. The van der Waals surface area contributed by atoms with E-state index < -0.39 is 29.4 Å². The zero-order valence-corrected chi connectivity index (χ0v) is 17.5. The molecule has 7 nitrogen and oxygen atoms in total. The molecule has 2 atom stereocenters. The molecule has 0 bridgehead atoms. The van der Waals surface area contributed by atoms with Crippen molar-refractivity contribution < 1.29 is 23.8 Å². The zero-order valence-electron chi connectivity index (χ0n) is 16.7. The fraction of sp³-hybridized carbons (Fsp3) is 0.579. The summed E-state index contributed by atoms with van der Waals surface area (Å²) >= 11 is 6.15. The molecule has 1 aromatic carbocycles. The number of hydrazine groups is 1. The molecule has 156 valence electrons. The van der Waals surface area contributed by atoms with Crippen molar-refractivity contribution in [3.05, 3.63) is 28.0 Å². The van der Waals surface area contributed by atoms with Gasteiger partial charge in [-0.3, -0.25) is 4.79 Å². The van der Waals surface area contributed by atoms with Gasteiger partial charge >= 0.3 is 6.09 Å². The van der Waals surface area contributed by atoms with Gasteiger partial charge in [-0.25, -0.2) is 19.6 Å². The van der Waals surface area contributed by atoms with Gasteiger partial charge < -0.3 is 15.2 Å². The number of ether oxygens (including phenoxy) is 1. The van der Waals surface area contributed by atoms with Crippen LogP contribution in [-0.2, 0) is 4.79 Å². The Labute approximate surface area is 169 Å². The van der Waals surface area contributed by atoms with Gasteiger partial charge in [-0.15, -0.1) is 0 Å². The maximum absolute atomic E-state index is 14.9. The number of halogens is 2. The summed E-state index contributed by atoms with van der Waals surface area (Å²) in [4.78, 5) is 23.3. The Bertz CT molecular complexity index is 767. The van der Waals surface area contributed by atoms with Gasteiger partial charge in [0.2, 0.25) is 5.91 Å². The molecular formula is C19H27ClFN3O4. The van der Waals surface area contributed by atoms with Crippen LogP contribution in [-0.4, -0.2) is 40.8 Å². The Morgan fingerprint density at radius 2 is 2.18 bits per heavy atom. The van der Waals surface area contributed by atoms with Gasteiger partial charge in [0.25, 0.3) is 0 Å². The third-order valence-electron chi connectivity index (χ3n) is 4.56. The van der Waals surface area contributed by atoms with Gasteiger partial charge in [0.05, 0.1) is 23.2 Å². The van der Waals surface area contributed by atoms with E-state index in [2.05, 4.69) is 10.7 Å². The number of hydrogen-bond donors (Lipinski definition) is 3. The first kappa shape index (κ1) is 22.2. The summed E-state index contributed by atoms with van der Waals surface area (Å²) in [7, 11) is 0. The fourth-order valence-corrected chi connectivity index (χ4v) is 3.47. The van der Waals surface area contributed by atoms with Crippen molar-refractivity contribution in [2.75, 3.05) is 13.2 Å². The highest BCUT2D eigenvalue weighted by molar-refractivity contribution is 6.31. The predicted octanol–water partition coefficient (Wildman–Crippen LogP) is 3.83. The highest BCUT2D eigenvalue weighted by atomic mass is 35.5. The van der Waals surface area contributed by atoms with Crippen LogP contribution in [0.2, 0.25) is 5.02 Å². The smallest absolute Gasteiger partial charge is 0.422 e. The van der Waals surface area contributed by atoms with E-state index in [1.807, 2.05) is 0 Å². The third-order valence-corrected chi connectivity index (χ3v) is 4.84. The summed E-state index contributed by atoms with van der Waals surface area (Å²) in [6.07, 6.45) is -1.00. The standard InChI is InChI=1S/C19H27ClFN3O4/c1-6-28-17-12(10(2)23-24(18(26)27)19(3,4)5)8-13(20)16(21)15(17)11-7-14(25)22-9-11/h8,10-11,23H,6-7,9H2,1-5H3,(H,22,25)(H,26,27)/t10-,11+/m1/s1. The lowest BCUT2D eigenvalue weighted by Crippen LogP contribution is -2.54.